The lowest BCUT2D eigenvalue weighted by molar-refractivity contribution is 0.0947. The van der Waals surface area contributed by atoms with Gasteiger partial charge in [-0.15, -0.1) is 0 Å². The molecule has 2 aromatic heterocycles. The molecule has 0 unspecified atom stereocenters. The van der Waals surface area contributed by atoms with Gasteiger partial charge in [-0.2, -0.15) is 14.9 Å². The molecule has 96 valence electrons. The predicted octanol–water partition coefficient (Wildman–Crippen LogP) is 2.60. The van der Waals surface area contributed by atoms with Gasteiger partial charge in [0.2, 0.25) is 0 Å². The van der Waals surface area contributed by atoms with Crippen LogP contribution in [0, 0.1) is 0 Å². The molecule has 2 heterocycles. The molecule has 0 fully saturated rings. The molecule has 0 saturated heterocycles. The van der Waals surface area contributed by atoms with Gasteiger partial charge in [-0.1, -0.05) is 36.4 Å². The summed E-state index contributed by atoms with van der Waals surface area (Å²) in [5, 5.41) is 12.9. The second-order valence-corrected chi connectivity index (χ2v) is 4.54. The van der Waals surface area contributed by atoms with Crippen molar-refractivity contribution in [2.75, 3.05) is 0 Å². The Labute approximate surface area is 113 Å². The van der Waals surface area contributed by atoms with Crippen molar-refractivity contribution in [1.29, 1.82) is 0 Å². The van der Waals surface area contributed by atoms with Crippen LogP contribution in [0.5, 0.6) is 0 Å². The van der Waals surface area contributed by atoms with Gasteiger partial charge in [-0.3, -0.25) is 9.89 Å². The first-order chi connectivity index (χ1) is 9.84. The Hall–Kier alpha value is -2.95. The van der Waals surface area contributed by atoms with Crippen LogP contribution in [0.15, 0.2) is 54.7 Å². The molecule has 5 heteroatoms. The Morgan fingerprint density at radius 3 is 2.80 bits per heavy atom. The topological polar surface area (TPSA) is 63.6 Å². The lowest BCUT2D eigenvalue weighted by atomic mass is 10.2. The highest BCUT2D eigenvalue weighted by atomic mass is 16.2. The van der Waals surface area contributed by atoms with Gasteiger partial charge in [0.15, 0.2) is 5.69 Å². The molecule has 0 spiro atoms. The molecule has 0 aliphatic heterocycles. The van der Waals surface area contributed by atoms with Gasteiger partial charge in [0.1, 0.15) is 0 Å². The van der Waals surface area contributed by atoms with Crippen molar-refractivity contribution < 1.29 is 4.79 Å². The number of para-hydroxylation sites is 2. The van der Waals surface area contributed by atoms with E-state index in [0.717, 1.165) is 21.8 Å². The van der Waals surface area contributed by atoms with Gasteiger partial charge in [0, 0.05) is 10.8 Å². The van der Waals surface area contributed by atoms with E-state index in [2.05, 4.69) is 15.3 Å². The lowest BCUT2D eigenvalue weighted by Crippen LogP contribution is -2.14. The Balaban J connectivity index is 1.92. The number of benzene rings is 2. The van der Waals surface area contributed by atoms with Crippen molar-refractivity contribution in [3.05, 3.63) is 60.4 Å². The van der Waals surface area contributed by atoms with Crippen LogP contribution in [0.25, 0.3) is 21.8 Å². The fourth-order valence-electron chi connectivity index (χ4n) is 2.36. The molecule has 0 amide bonds. The summed E-state index contributed by atoms with van der Waals surface area (Å²) in [6, 6.07) is 15.1. The molecule has 5 nitrogen and oxygen atoms in total. The van der Waals surface area contributed by atoms with E-state index in [4.69, 9.17) is 0 Å². The number of H-pyrrole nitrogens is 1. The zero-order valence-corrected chi connectivity index (χ0v) is 10.4. The largest absolute Gasteiger partial charge is 0.299 e. The highest BCUT2D eigenvalue weighted by molar-refractivity contribution is 6.08. The van der Waals surface area contributed by atoms with Gasteiger partial charge in [0.05, 0.1) is 17.2 Å². The third-order valence-corrected chi connectivity index (χ3v) is 3.34. The van der Waals surface area contributed by atoms with Crippen molar-refractivity contribution in [2.45, 2.75) is 0 Å². The maximum atomic E-state index is 12.6. The molecule has 0 aliphatic carbocycles. The van der Waals surface area contributed by atoms with Crippen molar-refractivity contribution in [2.24, 2.45) is 0 Å². The maximum absolute atomic E-state index is 12.6. The van der Waals surface area contributed by atoms with Crippen LogP contribution < -0.4 is 0 Å². The number of aromatic nitrogens is 4. The fourth-order valence-corrected chi connectivity index (χ4v) is 2.36. The lowest BCUT2D eigenvalue weighted by Gasteiger charge is -1.99. The summed E-state index contributed by atoms with van der Waals surface area (Å²) in [4.78, 5) is 12.6. The number of carbonyl (C=O) groups is 1. The van der Waals surface area contributed by atoms with Gasteiger partial charge in [-0.05, 0) is 12.1 Å². The molecule has 0 bridgehead atoms. The third kappa shape index (κ3) is 1.46. The normalized spacial score (nSPS) is 11.2. The zero-order valence-electron chi connectivity index (χ0n) is 10.4. The van der Waals surface area contributed by atoms with E-state index in [1.54, 1.807) is 6.20 Å². The van der Waals surface area contributed by atoms with Crippen LogP contribution in [-0.4, -0.2) is 25.9 Å². The van der Waals surface area contributed by atoms with E-state index < -0.39 is 0 Å². The van der Waals surface area contributed by atoms with Crippen LogP contribution in [0.1, 0.15) is 10.5 Å². The number of aromatic amines is 1. The molecule has 0 saturated carbocycles. The molecule has 2 aromatic carbocycles. The molecule has 4 rings (SSSR count). The van der Waals surface area contributed by atoms with Crippen LogP contribution in [-0.2, 0) is 0 Å². The summed E-state index contributed by atoms with van der Waals surface area (Å²) >= 11 is 0. The van der Waals surface area contributed by atoms with Crippen LogP contribution >= 0.6 is 0 Å². The molecule has 0 radical (unpaired) electrons. The highest BCUT2D eigenvalue weighted by Gasteiger charge is 2.18. The van der Waals surface area contributed by atoms with E-state index in [0.29, 0.717) is 5.69 Å². The molecular weight excluding hydrogens is 252 g/mol. The molecule has 20 heavy (non-hydrogen) atoms. The van der Waals surface area contributed by atoms with Gasteiger partial charge in [-0.25, -0.2) is 0 Å². The number of fused-ring (bicyclic) bond motifs is 2. The van der Waals surface area contributed by atoms with Crippen LogP contribution in [0.4, 0.5) is 0 Å². The average Bonchev–Trinajstić information content (AvgIpc) is 3.11. The van der Waals surface area contributed by atoms with E-state index in [9.17, 15) is 4.79 Å². The summed E-state index contributed by atoms with van der Waals surface area (Å²) < 4.78 is 1.39. The number of carbonyl (C=O) groups excluding carboxylic acids is 1. The highest BCUT2D eigenvalue weighted by Crippen LogP contribution is 2.19. The standard InChI is InChI=1S/C15H10N4O/c20-15(14-11-6-2-3-7-12(11)17-18-14)19-13-8-4-1-5-10(13)9-16-19/h1-9H,(H,17,18). The minimum Gasteiger partial charge on any atom is -0.277 e. The van der Waals surface area contributed by atoms with Crippen LogP contribution in [0.2, 0.25) is 0 Å². The number of nitrogens with zero attached hydrogens (tertiary/aromatic N) is 3. The third-order valence-electron chi connectivity index (χ3n) is 3.34. The minimum absolute atomic E-state index is 0.233. The van der Waals surface area contributed by atoms with Crippen molar-refractivity contribution in [1.82, 2.24) is 20.0 Å². The van der Waals surface area contributed by atoms with Crippen LogP contribution in [0.3, 0.4) is 0 Å². The minimum atomic E-state index is -0.233. The monoisotopic (exact) mass is 262 g/mol. The molecular formula is C15H10N4O. The van der Waals surface area contributed by atoms with Crippen molar-refractivity contribution in [3.63, 3.8) is 0 Å². The average molecular weight is 262 g/mol. The van der Waals surface area contributed by atoms with Gasteiger partial charge >= 0.3 is 0 Å². The van der Waals surface area contributed by atoms with E-state index in [1.165, 1.54) is 4.68 Å². The van der Waals surface area contributed by atoms with E-state index in [-0.39, 0.29) is 5.91 Å². The molecule has 1 N–H and O–H groups in total. The molecule has 0 aliphatic rings. The van der Waals surface area contributed by atoms with E-state index >= 15 is 0 Å². The first-order valence-electron chi connectivity index (χ1n) is 6.25. The smallest absolute Gasteiger partial charge is 0.277 e. The first-order valence-corrected chi connectivity index (χ1v) is 6.25. The van der Waals surface area contributed by atoms with Crippen molar-refractivity contribution >= 4 is 27.7 Å². The Morgan fingerprint density at radius 2 is 1.85 bits per heavy atom. The summed E-state index contributed by atoms with van der Waals surface area (Å²) in [5.74, 6) is -0.233. The fraction of sp³-hybridized carbons (Fsp3) is 0. The summed E-state index contributed by atoms with van der Waals surface area (Å²) in [5.41, 5.74) is 2.01. The number of hydrogen-bond donors (Lipinski definition) is 1. The van der Waals surface area contributed by atoms with Gasteiger partial charge < -0.3 is 0 Å². The van der Waals surface area contributed by atoms with E-state index in [1.807, 2.05) is 48.5 Å². The molecule has 0 atom stereocenters. The maximum Gasteiger partial charge on any atom is 0.299 e. The predicted molar refractivity (Wildman–Crippen MR) is 75.6 cm³/mol. The number of nitrogens with one attached hydrogen (secondary N) is 1. The Bertz CT molecular complexity index is 859. The summed E-state index contributed by atoms with van der Waals surface area (Å²) in [7, 11) is 0. The van der Waals surface area contributed by atoms with Gasteiger partial charge in [0.25, 0.3) is 5.91 Å². The number of rotatable bonds is 1. The summed E-state index contributed by atoms with van der Waals surface area (Å²) in [6.07, 6.45) is 1.68. The Kier molecular flexibility index (Phi) is 2.20. The quantitative estimate of drug-likeness (QED) is 0.573. The summed E-state index contributed by atoms with van der Waals surface area (Å²) in [6.45, 7) is 0. The second kappa shape index (κ2) is 4.03. The zero-order chi connectivity index (χ0) is 13.5. The number of hydrogen-bond acceptors (Lipinski definition) is 3. The van der Waals surface area contributed by atoms with Crippen molar-refractivity contribution in [3.8, 4) is 0 Å². The molecule has 4 aromatic rings. The Morgan fingerprint density at radius 1 is 1.05 bits per heavy atom. The second-order valence-electron chi connectivity index (χ2n) is 4.54. The first kappa shape index (κ1) is 10.9. The SMILES string of the molecule is O=C(c1n[nH]c2ccccc12)n1ncc2ccccc21.